The number of methoxy groups -OCH3 is 1. The molecule has 0 fully saturated rings. The normalized spacial score (nSPS) is 14.6. The van der Waals surface area contributed by atoms with E-state index in [2.05, 4.69) is 39.7 Å². The molecular weight excluding hydrogens is 500 g/mol. The molecule has 0 amide bonds. The highest BCUT2D eigenvalue weighted by molar-refractivity contribution is 6.30. The zero-order valence-corrected chi connectivity index (χ0v) is 21.2. The Kier molecular flexibility index (Phi) is 6.27. The SMILES string of the molecule is COC(=O)C1=C(c2ccc(Cl)cc2)Nc2ncnn2[C@@H]1c1ccc(OCc2cccc3ccccc23)cc1. The Labute approximate surface area is 224 Å². The highest BCUT2D eigenvalue weighted by Gasteiger charge is 2.36. The van der Waals surface area contributed by atoms with Crippen molar-refractivity contribution in [3.05, 3.63) is 125 Å². The molecule has 1 N–H and O–H groups in total. The number of benzene rings is 4. The van der Waals surface area contributed by atoms with Crippen molar-refractivity contribution in [3.8, 4) is 5.75 Å². The van der Waals surface area contributed by atoms with Crippen LogP contribution in [0.2, 0.25) is 5.02 Å². The van der Waals surface area contributed by atoms with Crippen LogP contribution in [0, 0.1) is 0 Å². The van der Waals surface area contributed by atoms with Crippen LogP contribution in [0.4, 0.5) is 5.95 Å². The number of halogens is 1. The molecule has 0 saturated carbocycles. The highest BCUT2D eigenvalue weighted by atomic mass is 35.5. The molecule has 0 spiro atoms. The van der Waals surface area contributed by atoms with Crippen molar-refractivity contribution < 1.29 is 14.3 Å². The molecule has 0 saturated heterocycles. The van der Waals surface area contributed by atoms with Crippen LogP contribution in [-0.2, 0) is 16.1 Å². The van der Waals surface area contributed by atoms with Crippen molar-refractivity contribution in [2.45, 2.75) is 12.6 Å². The first-order chi connectivity index (χ1) is 18.6. The van der Waals surface area contributed by atoms with E-state index in [1.54, 1.807) is 16.8 Å². The maximum absolute atomic E-state index is 13.1. The average molecular weight is 523 g/mol. The number of hydrogen-bond acceptors (Lipinski definition) is 6. The van der Waals surface area contributed by atoms with Gasteiger partial charge in [-0.2, -0.15) is 10.1 Å². The Hall–Kier alpha value is -4.62. The molecule has 1 aliphatic rings. The van der Waals surface area contributed by atoms with Crippen molar-refractivity contribution in [1.29, 1.82) is 0 Å². The molecule has 0 bridgehead atoms. The fraction of sp³-hybridized carbons (Fsp3) is 0.100. The standard InChI is InChI=1S/C30H23ClN4O3/c1-37-29(36)26-27(20-9-13-23(31)14-10-20)34-30-32-18-33-35(30)28(26)21-11-15-24(16-12-21)38-17-22-7-4-6-19-5-2-3-8-25(19)22/h2-16,18,28H,17H2,1H3,(H,32,33,34)/t28-/m1/s1. The number of nitrogens with one attached hydrogen (secondary N) is 1. The van der Waals surface area contributed by atoms with Crippen LogP contribution in [0.1, 0.15) is 22.7 Å². The minimum atomic E-state index is -0.556. The summed E-state index contributed by atoms with van der Waals surface area (Å²) in [5.74, 6) is 0.768. The van der Waals surface area contributed by atoms with E-state index in [9.17, 15) is 4.79 Å². The first-order valence-corrected chi connectivity index (χ1v) is 12.4. The molecule has 4 aromatic carbocycles. The lowest BCUT2D eigenvalue weighted by molar-refractivity contribution is -0.136. The summed E-state index contributed by atoms with van der Waals surface area (Å²) in [6, 6.07) is 28.8. The van der Waals surface area contributed by atoms with Crippen LogP contribution in [0.15, 0.2) is 103 Å². The Morgan fingerprint density at radius 1 is 0.974 bits per heavy atom. The Balaban J connectivity index is 1.34. The lowest BCUT2D eigenvalue weighted by Crippen LogP contribution is -2.29. The maximum atomic E-state index is 13.1. The molecule has 5 aromatic rings. The molecular formula is C30H23ClN4O3. The van der Waals surface area contributed by atoms with E-state index in [-0.39, 0.29) is 0 Å². The summed E-state index contributed by atoms with van der Waals surface area (Å²) in [5, 5.41) is 10.6. The monoisotopic (exact) mass is 522 g/mol. The van der Waals surface area contributed by atoms with Crippen LogP contribution in [0.3, 0.4) is 0 Å². The van der Waals surface area contributed by atoms with Gasteiger partial charge in [0.15, 0.2) is 0 Å². The van der Waals surface area contributed by atoms with E-state index in [1.165, 1.54) is 24.2 Å². The summed E-state index contributed by atoms with van der Waals surface area (Å²) >= 11 is 6.11. The number of aromatic nitrogens is 3. The molecule has 0 aliphatic carbocycles. The van der Waals surface area contributed by atoms with Gasteiger partial charge in [-0.3, -0.25) is 0 Å². The predicted octanol–water partition coefficient (Wildman–Crippen LogP) is 6.26. The zero-order chi connectivity index (χ0) is 26.1. The van der Waals surface area contributed by atoms with Gasteiger partial charge in [0, 0.05) is 5.02 Å². The van der Waals surface area contributed by atoms with Crippen molar-refractivity contribution in [2.24, 2.45) is 0 Å². The molecule has 1 atom stereocenters. The number of nitrogens with zero attached hydrogens (tertiary/aromatic N) is 3. The molecule has 0 radical (unpaired) electrons. The van der Waals surface area contributed by atoms with E-state index in [0.29, 0.717) is 28.8 Å². The number of esters is 1. The van der Waals surface area contributed by atoms with Gasteiger partial charge in [-0.05, 0) is 51.7 Å². The second-order valence-corrected chi connectivity index (χ2v) is 9.28. The fourth-order valence-electron chi connectivity index (χ4n) is 4.77. The van der Waals surface area contributed by atoms with Gasteiger partial charge in [-0.15, -0.1) is 0 Å². The average Bonchev–Trinajstić information content (AvgIpc) is 3.44. The largest absolute Gasteiger partial charge is 0.489 e. The summed E-state index contributed by atoms with van der Waals surface area (Å²) in [5.41, 5.74) is 3.74. The van der Waals surface area contributed by atoms with Gasteiger partial charge < -0.3 is 14.8 Å². The van der Waals surface area contributed by atoms with E-state index >= 15 is 0 Å². The van der Waals surface area contributed by atoms with E-state index in [0.717, 1.165) is 22.4 Å². The molecule has 6 rings (SSSR count). The van der Waals surface area contributed by atoms with Crippen LogP contribution < -0.4 is 10.1 Å². The Morgan fingerprint density at radius 2 is 1.74 bits per heavy atom. The second kappa shape index (κ2) is 10.0. The molecule has 7 nitrogen and oxygen atoms in total. The minimum Gasteiger partial charge on any atom is -0.489 e. The molecule has 1 aromatic heterocycles. The van der Waals surface area contributed by atoms with Crippen LogP contribution >= 0.6 is 11.6 Å². The Bertz CT molecular complexity index is 1650. The minimum absolute atomic E-state index is 0.414. The lowest BCUT2D eigenvalue weighted by atomic mass is 9.93. The second-order valence-electron chi connectivity index (χ2n) is 8.84. The van der Waals surface area contributed by atoms with Crippen molar-refractivity contribution in [1.82, 2.24) is 14.8 Å². The predicted molar refractivity (Wildman–Crippen MR) is 147 cm³/mol. The smallest absolute Gasteiger partial charge is 0.338 e. The summed E-state index contributed by atoms with van der Waals surface area (Å²) in [6.45, 7) is 0.440. The quantitative estimate of drug-likeness (QED) is 0.265. The molecule has 1 aliphatic heterocycles. The van der Waals surface area contributed by atoms with Gasteiger partial charge in [0.05, 0.1) is 18.4 Å². The van der Waals surface area contributed by atoms with Crippen molar-refractivity contribution in [2.75, 3.05) is 12.4 Å². The molecule has 0 unspecified atom stereocenters. The van der Waals surface area contributed by atoms with Gasteiger partial charge >= 0.3 is 5.97 Å². The van der Waals surface area contributed by atoms with Gasteiger partial charge in [0.25, 0.3) is 0 Å². The number of rotatable bonds is 6. The van der Waals surface area contributed by atoms with E-state index < -0.39 is 12.0 Å². The summed E-state index contributed by atoms with van der Waals surface area (Å²) in [6.07, 6.45) is 1.46. The third-order valence-corrected chi connectivity index (χ3v) is 6.86. The van der Waals surface area contributed by atoms with Crippen molar-refractivity contribution in [3.63, 3.8) is 0 Å². The molecule has 188 valence electrons. The topological polar surface area (TPSA) is 78.3 Å². The van der Waals surface area contributed by atoms with Crippen LogP contribution in [0.25, 0.3) is 16.5 Å². The number of carbonyl (C=O) groups is 1. The van der Waals surface area contributed by atoms with Gasteiger partial charge in [0.1, 0.15) is 24.7 Å². The summed E-state index contributed by atoms with van der Waals surface area (Å²) in [7, 11) is 1.37. The molecule has 8 heteroatoms. The molecule has 2 heterocycles. The summed E-state index contributed by atoms with van der Waals surface area (Å²) in [4.78, 5) is 17.5. The molecule has 38 heavy (non-hydrogen) atoms. The first kappa shape index (κ1) is 23.8. The van der Waals surface area contributed by atoms with Crippen molar-refractivity contribution >= 4 is 40.0 Å². The third-order valence-electron chi connectivity index (χ3n) is 6.61. The number of hydrogen-bond donors (Lipinski definition) is 1. The van der Waals surface area contributed by atoms with E-state index in [1.807, 2.05) is 54.6 Å². The van der Waals surface area contributed by atoms with Crippen LogP contribution in [-0.4, -0.2) is 27.8 Å². The number of ether oxygens (including phenoxy) is 2. The number of carbonyl (C=O) groups excluding carboxylic acids is 1. The Morgan fingerprint density at radius 3 is 2.53 bits per heavy atom. The third kappa shape index (κ3) is 4.37. The number of fused-ring (bicyclic) bond motifs is 2. The maximum Gasteiger partial charge on any atom is 0.338 e. The van der Waals surface area contributed by atoms with Gasteiger partial charge in [-0.25, -0.2) is 9.48 Å². The van der Waals surface area contributed by atoms with Gasteiger partial charge in [0.2, 0.25) is 5.95 Å². The zero-order valence-electron chi connectivity index (χ0n) is 20.5. The lowest BCUT2D eigenvalue weighted by Gasteiger charge is -2.29. The van der Waals surface area contributed by atoms with Crippen LogP contribution in [0.5, 0.6) is 5.75 Å². The van der Waals surface area contributed by atoms with E-state index in [4.69, 9.17) is 21.1 Å². The first-order valence-electron chi connectivity index (χ1n) is 12.1. The summed E-state index contributed by atoms with van der Waals surface area (Å²) < 4.78 is 13.0. The van der Waals surface area contributed by atoms with Gasteiger partial charge in [-0.1, -0.05) is 78.3 Å². The number of anilines is 1. The fourth-order valence-corrected chi connectivity index (χ4v) is 4.89. The highest BCUT2D eigenvalue weighted by Crippen LogP contribution is 2.39.